The first-order valence-corrected chi connectivity index (χ1v) is 6.27. The molecule has 0 atom stereocenters. The lowest BCUT2D eigenvalue weighted by molar-refractivity contribution is 0.768. The molecule has 0 aliphatic heterocycles. The van der Waals surface area contributed by atoms with Crippen molar-refractivity contribution in [2.45, 2.75) is 13.8 Å². The van der Waals surface area contributed by atoms with E-state index in [1.807, 2.05) is 19.3 Å². The van der Waals surface area contributed by atoms with Gasteiger partial charge in [0.15, 0.2) is 0 Å². The summed E-state index contributed by atoms with van der Waals surface area (Å²) in [7, 11) is 1.87. The topological polar surface area (TPSA) is 84.9 Å². The smallest absolute Gasteiger partial charge is 0.227 e. The zero-order valence-corrected chi connectivity index (χ0v) is 11.5. The maximum absolute atomic E-state index is 5.47. The number of nitrogens with two attached hydrogens (primary N) is 1. The Labute approximate surface area is 112 Å². The van der Waals surface area contributed by atoms with Crippen molar-refractivity contribution in [2.75, 3.05) is 23.4 Å². The summed E-state index contributed by atoms with van der Waals surface area (Å²) in [4.78, 5) is 11.0. The molecular formula is C12H19N7. The van der Waals surface area contributed by atoms with Gasteiger partial charge in [-0.1, -0.05) is 0 Å². The molecule has 0 aliphatic rings. The number of anilines is 2. The molecule has 19 heavy (non-hydrogen) atoms. The molecule has 0 saturated heterocycles. The highest BCUT2D eigenvalue weighted by Crippen LogP contribution is 2.21. The van der Waals surface area contributed by atoms with Gasteiger partial charge in [0.2, 0.25) is 5.95 Å². The standard InChI is InChI=1S/C12H19N7/c1-4-19(5-2)12-15-10(6-11(16-12)17-13)9-7-14-18(3)8-9/h6-8H,4-5,13H2,1-3H3,(H,15,16,17). The Morgan fingerprint density at radius 2 is 2.05 bits per heavy atom. The Morgan fingerprint density at radius 3 is 2.58 bits per heavy atom. The van der Waals surface area contributed by atoms with Crippen molar-refractivity contribution in [3.8, 4) is 11.3 Å². The summed E-state index contributed by atoms with van der Waals surface area (Å²) in [6.07, 6.45) is 3.68. The minimum atomic E-state index is 0.593. The van der Waals surface area contributed by atoms with E-state index in [1.54, 1.807) is 10.9 Å². The van der Waals surface area contributed by atoms with Crippen LogP contribution in [0, 0.1) is 0 Å². The number of hydrazine groups is 1. The Hall–Kier alpha value is -2.15. The Kier molecular flexibility index (Phi) is 3.96. The third-order valence-electron chi connectivity index (χ3n) is 2.91. The fourth-order valence-electron chi connectivity index (χ4n) is 1.86. The van der Waals surface area contributed by atoms with Crippen LogP contribution in [0.25, 0.3) is 11.3 Å². The fraction of sp³-hybridized carbons (Fsp3) is 0.417. The van der Waals surface area contributed by atoms with E-state index in [4.69, 9.17) is 5.84 Å². The quantitative estimate of drug-likeness (QED) is 0.617. The summed E-state index contributed by atoms with van der Waals surface area (Å²) < 4.78 is 1.74. The van der Waals surface area contributed by atoms with E-state index in [-0.39, 0.29) is 0 Å². The number of aryl methyl sites for hydroxylation is 1. The lowest BCUT2D eigenvalue weighted by atomic mass is 10.2. The largest absolute Gasteiger partial charge is 0.341 e. The molecule has 0 aromatic carbocycles. The van der Waals surface area contributed by atoms with Gasteiger partial charge in [0.25, 0.3) is 0 Å². The van der Waals surface area contributed by atoms with Crippen LogP contribution in [-0.4, -0.2) is 32.8 Å². The van der Waals surface area contributed by atoms with Gasteiger partial charge in [-0.05, 0) is 13.8 Å². The normalized spacial score (nSPS) is 10.5. The van der Waals surface area contributed by atoms with Crippen LogP contribution < -0.4 is 16.2 Å². The summed E-state index contributed by atoms with van der Waals surface area (Å²) in [6, 6.07) is 1.81. The van der Waals surface area contributed by atoms with Crippen LogP contribution in [0.5, 0.6) is 0 Å². The van der Waals surface area contributed by atoms with E-state index in [9.17, 15) is 0 Å². The third kappa shape index (κ3) is 2.82. The van der Waals surface area contributed by atoms with Crippen LogP contribution in [0.3, 0.4) is 0 Å². The van der Waals surface area contributed by atoms with Gasteiger partial charge in [-0.15, -0.1) is 0 Å². The number of rotatable bonds is 5. The van der Waals surface area contributed by atoms with Crippen molar-refractivity contribution in [2.24, 2.45) is 12.9 Å². The maximum Gasteiger partial charge on any atom is 0.227 e. The third-order valence-corrected chi connectivity index (χ3v) is 2.91. The average Bonchev–Trinajstić information content (AvgIpc) is 2.86. The molecule has 0 saturated carbocycles. The molecule has 0 aliphatic carbocycles. The number of nitrogens with one attached hydrogen (secondary N) is 1. The molecule has 0 amide bonds. The Balaban J connectivity index is 2.46. The molecule has 7 heteroatoms. The Morgan fingerprint density at radius 1 is 1.32 bits per heavy atom. The Bertz CT molecular complexity index is 545. The van der Waals surface area contributed by atoms with Crippen molar-refractivity contribution in [1.29, 1.82) is 0 Å². The van der Waals surface area contributed by atoms with E-state index in [2.05, 4.69) is 39.2 Å². The van der Waals surface area contributed by atoms with Gasteiger partial charge >= 0.3 is 0 Å². The molecule has 2 aromatic rings. The highest BCUT2D eigenvalue weighted by molar-refractivity contribution is 5.63. The van der Waals surface area contributed by atoms with Crippen LogP contribution in [0.15, 0.2) is 18.5 Å². The van der Waals surface area contributed by atoms with Gasteiger partial charge in [0, 0.05) is 38.0 Å². The number of nitrogens with zero attached hydrogens (tertiary/aromatic N) is 5. The molecule has 0 spiro atoms. The van der Waals surface area contributed by atoms with E-state index in [1.165, 1.54) is 0 Å². The fourth-order valence-corrected chi connectivity index (χ4v) is 1.86. The molecule has 2 aromatic heterocycles. The monoisotopic (exact) mass is 261 g/mol. The van der Waals surface area contributed by atoms with E-state index in [0.717, 1.165) is 24.3 Å². The lowest BCUT2D eigenvalue weighted by Gasteiger charge is -2.19. The molecule has 2 heterocycles. The summed E-state index contributed by atoms with van der Waals surface area (Å²) in [5.74, 6) is 6.73. The number of nitrogen functional groups attached to an aromatic ring is 1. The number of aromatic nitrogens is 4. The highest BCUT2D eigenvalue weighted by atomic mass is 15.3. The lowest BCUT2D eigenvalue weighted by Crippen LogP contribution is -2.25. The van der Waals surface area contributed by atoms with Crippen LogP contribution in [-0.2, 0) is 7.05 Å². The molecule has 0 unspecified atom stereocenters. The van der Waals surface area contributed by atoms with E-state index >= 15 is 0 Å². The van der Waals surface area contributed by atoms with Crippen molar-refractivity contribution in [3.63, 3.8) is 0 Å². The second-order valence-electron chi connectivity index (χ2n) is 4.16. The van der Waals surface area contributed by atoms with Gasteiger partial charge < -0.3 is 10.3 Å². The van der Waals surface area contributed by atoms with Crippen molar-refractivity contribution >= 4 is 11.8 Å². The van der Waals surface area contributed by atoms with Crippen LogP contribution >= 0.6 is 0 Å². The zero-order chi connectivity index (χ0) is 13.8. The van der Waals surface area contributed by atoms with E-state index in [0.29, 0.717) is 11.8 Å². The molecule has 3 N–H and O–H groups in total. The second-order valence-corrected chi connectivity index (χ2v) is 4.16. The van der Waals surface area contributed by atoms with Crippen LogP contribution in [0.1, 0.15) is 13.8 Å². The second kappa shape index (κ2) is 5.66. The van der Waals surface area contributed by atoms with Crippen molar-refractivity contribution < 1.29 is 0 Å². The van der Waals surface area contributed by atoms with Crippen LogP contribution in [0.2, 0.25) is 0 Å². The van der Waals surface area contributed by atoms with Gasteiger partial charge in [0.05, 0.1) is 11.9 Å². The van der Waals surface area contributed by atoms with Gasteiger partial charge in [0.1, 0.15) is 5.82 Å². The zero-order valence-electron chi connectivity index (χ0n) is 11.5. The molecular weight excluding hydrogens is 242 g/mol. The number of hydrogen-bond donors (Lipinski definition) is 2. The summed E-state index contributed by atoms with van der Waals surface area (Å²) in [6.45, 7) is 5.83. The minimum Gasteiger partial charge on any atom is -0.341 e. The van der Waals surface area contributed by atoms with Gasteiger partial charge in [-0.2, -0.15) is 10.1 Å². The summed E-state index contributed by atoms with van der Waals surface area (Å²) >= 11 is 0. The first kappa shape index (κ1) is 13.3. The first-order valence-electron chi connectivity index (χ1n) is 6.27. The molecule has 0 fully saturated rings. The number of hydrogen-bond acceptors (Lipinski definition) is 6. The molecule has 2 rings (SSSR count). The average molecular weight is 261 g/mol. The predicted octanol–water partition coefficient (Wildman–Crippen LogP) is 1.01. The van der Waals surface area contributed by atoms with E-state index < -0.39 is 0 Å². The highest BCUT2D eigenvalue weighted by Gasteiger charge is 2.11. The maximum atomic E-state index is 5.47. The SMILES string of the molecule is CCN(CC)c1nc(NN)cc(-c2cnn(C)c2)n1. The molecule has 0 bridgehead atoms. The van der Waals surface area contributed by atoms with Gasteiger partial charge in [-0.25, -0.2) is 10.8 Å². The molecule has 7 nitrogen and oxygen atoms in total. The first-order chi connectivity index (χ1) is 9.17. The minimum absolute atomic E-state index is 0.593. The summed E-state index contributed by atoms with van der Waals surface area (Å²) in [5.41, 5.74) is 4.33. The van der Waals surface area contributed by atoms with Crippen LogP contribution in [0.4, 0.5) is 11.8 Å². The molecule has 0 radical (unpaired) electrons. The van der Waals surface area contributed by atoms with Crippen molar-refractivity contribution in [3.05, 3.63) is 18.5 Å². The predicted molar refractivity (Wildman–Crippen MR) is 75.6 cm³/mol. The summed E-state index contributed by atoms with van der Waals surface area (Å²) in [5, 5.41) is 4.15. The van der Waals surface area contributed by atoms with Gasteiger partial charge in [-0.3, -0.25) is 4.68 Å². The van der Waals surface area contributed by atoms with Crippen molar-refractivity contribution in [1.82, 2.24) is 19.7 Å². The molecule has 102 valence electrons.